The molecule has 0 unspecified atom stereocenters. The van der Waals surface area contributed by atoms with E-state index < -0.39 is 34.3 Å². The second-order valence-corrected chi connectivity index (χ2v) is 14.7. The Morgan fingerprint density at radius 2 is 0.951 bits per heavy atom. The number of furan rings is 1. The number of aromatic hydroxyl groups is 5. The van der Waals surface area contributed by atoms with Crippen LogP contribution in [-0.2, 0) is 0 Å². The van der Waals surface area contributed by atoms with E-state index in [1.54, 1.807) is 0 Å². The molecule has 0 radical (unpaired) electrons. The number of aromatic nitrogens is 4. The van der Waals surface area contributed by atoms with E-state index in [2.05, 4.69) is 81.3 Å². The molecule has 11 rings (SSSR count). The van der Waals surface area contributed by atoms with Crippen LogP contribution in [0.3, 0.4) is 0 Å². The third-order valence-electron chi connectivity index (χ3n) is 11.2. The highest BCUT2D eigenvalue weighted by Crippen LogP contribution is 2.54. The lowest BCUT2D eigenvalue weighted by molar-refractivity contribution is 0.329. The zero-order valence-corrected chi connectivity index (χ0v) is 32.0. The highest BCUT2D eigenvalue weighted by atomic mass is 16.4. The summed E-state index contributed by atoms with van der Waals surface area (Å²) in [6.07, 6.45) is 0. The van der Waals surface area contributed by atoms with Gasteiger partial charge < -0.3 is 34.5 Å². The molecule has 0 saturated heterocycles. The molecule has 10 heteroatoms. The summed E-state index contributed by atoms with van der Waals surface area (Å²) in [5.41, 5.74) is 8.90. The zero-order chi connectivity index (χ0) is 41.4. The van der Waals surface area contributed by atoms with Crippen LogP contribution in [0, 0.1) is 0 Å². The van der Waals surface area contributed by atoms with Crippen molar-refractivity contribution in [3.8, 4) is 90.9 Å². The molecule has 0 aliphatic heterocycles. The summed E-state index contributed by atoms with van der Waals surface area (Å²) >= 11 is 0. The standard InChI is InChI=1S/C51H32N4O6/c56-43-42(44(57)46(59)47(60)45(43)58)51-53-49(52-50(54-51)34-18-8-7-17-31(34)28-13-3-1-4-14-28)30-25-26-40-36(27-30)33-21-12-24-39(48(33)61-40)55-37-22-10-9-19-35(37)41-32(20-11-23-38(41)55)29-15-5-2-6-16-29/h1-27,56-60H. The van der Waals surface area contributed by atoms with Crippen molar-refractivity contribution in [2.75, 3.05) is 0 Å². The molecule has 3 aromatic heterocycles. The lowest BCUT2D eigenvalue weighted by Gasteiger charge is -2.14. The van der Waals surface area contributed by atoms with Crippen molar-refractivity contribution in [2.45, 2.75) is 0 Å². The Kier molecular flexibility index (Phi) is 8.01. The van der Waals surface area contributed by atoms with Crippen LogP contribution in [-0.4, -0.2) is 45.1 Å². The van der Waals surface area contributed by atoms with Gasteiger partial charge in [0.05, 0.1) is 16.7 Å². The zero-order valence-electron chi connectivity index (χ0n) is 32.0. The number of benzene rings is 8. The van der Waals surface area contributed by atoms with Crippen molar-refractivity contribution in [3.63, 3.8) is 0 Å². The number of phenolic OH excluding ortho intramolecular Hbond substituents is 5. The minimum atomic E-state index is -1.09. The summed E-state index contributed by atoms with van der Waals surface area (Å²) in [6, 6.07) is 54.0. The maximum atomic E-state index is 11.0. The summed E-state index contributed by atoms with van der Waals surface area (Å²) in [5.74, 6) is -4.92. The summed E-state index contributed by atoms with van der Waals surface area (Å²) in [7, 11) is 0. The molecule has 11 aromatic rings. The molecule has 5 N–H and O–H groups in total. The number of rotatable bonds is 6. The average molecular weight is 797 g/mol. The SMILES string of the molecule is Oc1c(O)c(O)c(-c2nc(-c3ccc4oc5c(-n6c7ccccc7c7c(-c8ccccc8)cccc76)cccc5c4c3)nc(-c3ccccc3-c3ccccc3)n2)c(O)c1O. The molecule has 0 aliphatic carbocycles. The van der Waals surface area contributed by atoms with E-state index in [0.717, 1.165) is 60.5 Å². The Morgan fingerprint density at radius 1 is 0.393 bits per heavy atom. The molecule has 0 saturated carbocycles. The average Bonchev–Trinajstić information content (AvgIpc) is 3.86. The minimum absolute atomic E-state index is 0.164. The monoisotopic (exact) mass is 796 g/mol. The van der Waals surface area contributed by atoms with Crippen LogP contribution < -0.4 is 0 Å². The Morgan fingerprint density at radius 3 is 1.70 bits per heavy atom. The van der Waals surface area contributed by atoms with Gasteiger partial charge in [-0.15, -0.1) is 0 Å². The van der Waals surface area contributed by atoms with E-state index in [0.29, 0.717) is 22.3 Å². The van der Waals surface area contributed by atoms with Gasteiger partial charge in [-0.3, -0.25) is 0 Å². The summed E-state index contributed by atoms with van der Waals surface area (Å²) in [6.45, 7) is 0. The third-order valence-corrected chi connectivity index (χ3v) is 11.2. The highest BCUT2D eigenvalue weighted by Gasteiger charge is 2.28. The van der Waals surface area contributed by atoms with Crippen molar-refractivity contribution >= 4 is 43.7 Å². The van der Waals surface area contributed by atoms with Crippen LogP contribution in [0.1, 0.15) is 0 Å². The van der Waals surface area contributed by atoms with E-state index in [9.17, 15) is 25.5 Å². The fraction of sp³-hybridized carbons (Fsp3) is 0. The van der Waals surface area contributed by atoms with E-state index in [1.165, 1.54) is 0 Å². The summed E-state index contributed by atoms with van der Waals surface area (Å²) < 4.78 is 8.96. The van der Waals surface area contributed by atoms with Crippen LogP contribution in [0.25, 0.3) is 106 Å². The summed E-state index contributed by atoms with van der Waals surface area (Å²) in [4.78, 5) is 14.3. The van der Waals surface area contributed by atoms with Gasteiger partial charge in [0.1, 0.15) is 11.1 Å². The molecule has 8 aromatic carbocycles. The number of nitrogens with zero attached hydrogens (tertiary/aromatic N) is 4. The first kappa shape index (κ1) is 35.5. The molecular formula is C51H32N4O6. The van der Waals surface area contributed by atoms with Gasteiger partial charge in [-0.25, -0.2) is 15.0 Å². The highest BCUT2D eigenvalue weighted by molar-refractivity contribution is 6.17. The van der Waals surface area contributed by atoms with E-state index >= 15 is 0 Å². The topological polar surface area (TPSA) is 158 Å². The van der Waals surface area contributed by atoms with Crippen LogP contribution in [0.4, 0.5) is 0 Å². The molecule has 0 fully saturated rings. The fourth-order valence-corrected chi connectivity index (χ4v) is 8.42. The van der Waals surface area contributed by atoms with E-state index in [4.69, 9.17) is 9.40 Å². The molecule has 0 bridgehead atoms. The van der Waals surface area contributed by atoms with Crippen LogP contribution >= 0.6 is 0 Å². The van der Waals surface area contributed by atoms with Crippen molar-refractivity contribution in [1.29, 1.82) is 0 Å². The largest absolute Gasteiger partial charge is 0.504 e. The van der Waals surface area contributed by atoms with E-state index in [-0.39, 0.29) is 17.5 Å². The first-order valence-electron chi connectivity index (χ1n) is 19.5. The minimum Gasteiger partial charge on any atom is -0.504 e. The molecular weight excluding hydrogens is 765 g/mol. The maximum Gasteiger partial charge on any atom is 0.208 e. The van der Waals surface area contributed by atoms with Crippen LogP contribution in [0.2, 0.25) is 0 Å². The van der Waals surface area contributed by atoms with Crippen molar-refractivity contribution in [1.82, 2.24) is 19.5 Å². The third kappa shape index (κ3) is 5.54. The number of para-hydroxylation sites is 2. The van der Waals surface area contributed by atoms with Gasteiger partial charge in [0.2, 0.25) is 17.2 Å². The van der Waals surface area contributed by atoms with Gasteiger partial charge in [-0.05, 0) is 58.7 Å². The molecule has 10 nitrogen and oxygen atoms in total. The number of phenols is 5. The van der Waals surface area contributed by atoms with Crippen LogP contribution in [0.15, 0.2) is 168 Å². The van der Waals surface area contributed by atoms with Gasteiger partial charge in [0.25, 0.3) is 0 Å². The molecule has 0 amide bonds. The second kappa shape index (κ2) is 13.7. The molecule has 292 valence electrons. The van der Waals surface area contributed by atoms with Gasteiger partial charge in [0.15, 0.2) is 34.6 Å². The van der Waals surface area contributed by atoms with E-state index in [1.807, 2.05) is 97.1 Å². The molecule has 3 heterocycles. The van der Waals surface area contributed by atoms with Gasteiger partial charge in [0, 0.05) is 32.7 Å². The number of hydrogen-bond acceptors (Lipinski definition) is 9. The van der Waals surface area contributed by atoms with Gasteiger partial charge >= 0.3 is 0 Å². The number of fused-ring (bicyclic) bond motifs is 6. The quantitative estimate of drug-likeness (QED) is 0.0815. The lowest BCUT2D eigenvalue weighted by atomic mass is 9.99. The van der Waals surface area contributed by atoms with Crippen LogP contribution in [0.5, 0.6) is 28.7 Å². The van der Waals surface area contributed by atoms with Crippen molar-refractivity contribution < 1.29 is 29.9 Å². The summed E-state index contributed by atoms with van der Waals surface area (Å²) in [5, 5.41) is 57.2. The molecule has 0 atom stereocenters. The molecule has 0 spiro atoms. The second-order valence-electron chi connectivity index (χ2n) is 14.7. The smallest absolute Gasteiger partial charge is 0.208 e. The Hall–Kier alpha value is -8.63. The first-order chi connectivity index (χ1) is 29.9. The molecule has 0 aliphatic rings. The van der Waals surface area contributed by atoms with Gasteiger partial charge in [-0.1, -0.05) is 127 Å². The Balaban J connectivity index is 1.13. The predicted molar refractivity (Wildman–Crippen MR) is 237 cm³/mol. The molecule has 61 heavy (non-hydrogen) atoms. The van der Waals surface area contributed by atoms with Crippen molar-refractivity contribution in [3.05, 3.63) is 164 Å². The fourth-order valence-electron chi connectivity index (χ4n) is 8.42. The first-order valence-corrected chi connectivity index (χ1v) is 19.5. The lowest BCUT2D eigenvalue weighted by Crippen LogP contribution is -2.01. The van der Waals surface area contributed by atoms with Crippen molar-refractivity contribution in [2.24, 2.45) is 0 Å². The maximum absolute atomic E-state index is 11.0. The van der Waals surface area contributed by atoms with Gasteiger partial charge in [-0.2, -0.15) is 0 Å². The Labute approximate surface area is 346 Å². The number of hydrogen-bond donors (Lipinski definition) is 5. The normalized spacial score (nSPS) is 11.6. The predicted octanol–water partition coefficient (Wildman–Crippen LogP) is 11.7. The Bertz CT molecular complexity index is 3510.